The van der Waals surface area contributed by atoms with E-state index in [1.165, 1.54) is 12.1 Å². The maximum Gasteiger partial charge on any atom is 0.222 e. The minimum atomic E-state index is -0.421. The molecule has 0 aliphatic rings. The predicted molar refractivity (Wildman–Crippen MR) is 73.6 cm³/mol. The number of aryl methyl sites for hydroxylation is 1. The summed E-state index contributed by atoms with van der Waals surface area (Å²) in [6, 6.07) is 4.24. The van der Waals surface area contributed by atoms with Gasteiger partial charge in [0.25, 0.3) is 0 Å². The van der Waals surface area contributed by atoms with Crippen LogP contribution in [-0.4, -0.2) is 9.97 Å². The van der Waals surface area contributed by atoms with Gasteiger partial charge >= 0.3 is 0 Å². The van der Waals surface area contributed by atoms with Gasteiger partial charge in [0.15, 0.2) is 0 Å². The molecule has 18 heavy (non-hydrogen) atoms. The quantitative estimate of drug-likeness (QED) is 0.881. The van der Waals surface area contributed by atoms with Gasteiger partial charge in [-0.05, 0) is 35.0 Å². The average molecular weight is 332 g/mol. The summed E-state index contributed by atoms with van der Waals surface area (Å²) in [5.74, 6) is 0.233. The van der Waals surface area contributed by atoms with E-state index in [1.807, 2.05) is 0 Å². The lowest BCUT2D eigenvalue weighted by atomic mass is 10.3. The molecule has 1 aromatic carbocycles. The molecular weight excluding hydrogens is 323 g/mol. The molecule has 0 radical (unpaired) electrons. The van der Waals surface area contributed by atoms with Gasteiger partial charge in [0, 0.05) is 16.2 Å². The van der Waals surface area contributed by atoms with E-state index in [4.69, 9.17) is 17.3 Å². The van der Waals surface area contributed by atoms with Crippen molar-refractivity contribution in [2.24, 2.45) is 0 Å². The topological polar surface area (TPSA) is 63.8 Å². The maximum atomic E-state index is 13.1. The van der Waals surface area contributed by atoms with Crippen LogP contribution >= 0.6 is 27.5 Å². The number of halogens is 3. The molecule has 1 heterocycles. The zero-order chi connectivity index (χ0) is 13.3. The number of anilines is 3. The highest BCUT2D eigenvalue weighted by molar-refractivity contribution is 9.10. The fourth-order valence-corrected chi connectivity index (χ4v) is 2.34. The van der Waals surface area contributed by atoms with E-state index in [0.717, 1.165) is 5.69 Å². The fourth-order valence-electron chi connectivity index (χ4n) is 1.45. The molecule has 7 heteroatoms. The second kappa shape index (κ2) is 5.07. The van der Waals surface area contributed by atoms with Gasteiger partial charge in [0.05, 0.1) is 10.7 Å². The molecule has 0 aliphatic heterocycles. The monoisotopic (exact) mass is 330 g/mol. The minimum absolute atomic E-state index is 0.159. The lowest BCUT2D eigenvalue weighted by Gasteiger charge is -2.10. The third-order valence-corrected chi connectivity index (χ3v) is 3.05. The Labute approximate surface area is 117 Å². The first kappa shape index (κ1) is 13.0. The van der Waals surface area contributed by atoms with Crippen LogP contribution in [0.15, 0.2) is 22.7 Å². The van der Waals surface area contributed by atoms with Gasteiger partial charge in [-0.3, -0.25) is 0 Å². The minimum Gasteiger partial charge on any atom is -0.368 e. The number of nitrogen functional groups attached to an aromatic ring is 1. The molecule has 0 fully saturated rings. The fraction of sp³-hybridized carbons (Fsp3) is 0.0909. The average Bonchev–Trinajstić information content (AvgIpc) is 2.22. The molecule has 0 saturated heterocycles. The van der Waals surface area contributed by atoms with E-state index in [1.54, 1.807) is 13.0 Å². The molecule has 2 rings (SSSR count). The van der Waals surface area contributed by atoms with Gasteiger partial charge in [0.1, 0.15) is 11.6 Å². The number of hydrogen-bond donors (Lipinski definition) is 2. The molecule has 0 atom stereocenters. The van der Waals surface area contributed by atoms with Crippen molar-refractivity contribution < 1.29 is 4.39 Å². The molecule has 1 aromatic heterocycles. The molecule has 0 unspecified atom stereocenters. The van der Waals surface area contributed by atoms with Crippen LogP contribution in [0.25, 0.3) is 0 Å². The smallest absolute Gasteiger partial charge is 0.222 e. The van der Waals surface area contributed by atoms with Crippen LogP contribution < -0.4 is 11.1 Å². The summed E-state index contributed by atoms with van der Waals surface area (Å²) in [5, 5.41) is 3.22. The van der Waals surface area contributed by atoms with Gasteiger partial charge < -0.3 is 11.1 Å². The zero-order valence-corrected chi connectivity index (χ0v) is 11.7. The molecule has 0 aliphatic carbocycles. The van der Waals surface area contributed by atoms with Crippen molar-refractivity contribution in [3.8, 4) is 0 Å². The lowest BCUT2D eigenvalue weighted by Crippen LogP contribution is -2.02. The number of hydrogen-bond acceptors (Lipinski definition) is 4. The van der Waals surface area contributed by atoms with Crippen LogP contribution in [0.1, 0.15) is 5.69 Å². The summed E-state index contributed by atoms with van der Waals surface area (Å²) >= 11 is 9.19. The Kier molecular flexibility index (Phi) is 3.68. The van der Waals surface area contributed by atoms with Crippen LogP contribution in [0.4, 0.5) is 21.8 Å². The molecule has 0 saturated carbocycles. The van der Waals surface area contributed by atoms with E-state index in [9.17, 15) is 4.39 Å². The SMILES string of the molecule is Cc1cc(Nc2c(Cl)cc(F)cc2Br)nc(N)n1. The summed E-state index contributed by atoms with van der Waals surface area (Å²) in [4.78, 5) is 7.97. The Morgan fingerprint density at radius 1 is 1.33 bits per heavy atom. The third-order valence-electron chi connectivity index (χ3n) is 2.13. The number of nitrogens with two attached hydrogens (primary N) is 1. The van der Waals surface area contributed by atoms with Crippen molar-refractivity contribution in [3.05, 3.63) is 39.2 Å². The normalized spacial score (nSPS) is 10.4. The summed E-state index contributed by atoms with van der Waals surface area (Å²) < 4.78 is 13.6. The number of nitrogens with one attached hydrogen (secondary N) is 1. The largest absolute Gasteiger partial charge is 0.368 e. The lowest BCUT2D eigenvalue weighted by molar-refractivity contribution is 0.627. The van der Waals surface area contributed by atoms with Crippen LogP contribution in [0, 0.1) is 12.7 Å². The molecule has 0 bridgehead atoms. The third kappa shape index (κ3) is 2.88. The van der Waals surface area contributed by atoms with E-state index < -0.39 is 5.82 Å². The highest BCUT2D eigenvalue weighted by Gasteiger charge is 2.09. The van der Waals surface area contributed by atoms with Gasteiger partial charge in [-0.2, -0.15) is 4.98 Å². The standard InChI is InChI=1S/C11H9BrClFN4/c1-5-2-9(18-11(15)16-5)17-10-7(12)3-6(14)4-8(10)13/h2-4H,1H3,(H3,15,16,17,18). The number of benzene rings is 1. The Morgan fingerprint density at radius 2 is 2.06 bits per heavy atom. The van der Waals surface area contributed by atoms with E-state index >= 15 is 0 Å². The van der Waals surface area contributed by atoms with Gasteiger partial charge in [-0.25, -0.2) is 9.37 Å². The Hall–Kier alpha value is -1.40. The second-order valence-corrected chi connectivity index (χ2v) is 4.88. The number of rotatable bonds is 2. The van der Waals surface area contributed by atoms with E-state index in [2.05, 4.69) is 31.2 Å². The maximum absolute atomic E-state index is 13.1. The van der Waals surface area contributed by atoms with Gasteiger partial charge in [-0.1, -0.05) is 11.6 Å². The number of nitrogens with zero attached hydrogens (tertiary/aromatic N) is 2. The van der Waals surface area contributed by atoms with Crippen molar-refractivity contribution >= 4 is 45.0 Å². The number of aromatic nitrogens is 2. The first-order valence-corrected chi connectivity index (χ1v) is 6.15. The van der Waals surface area contributed by atoms with E-state index in [-0.39, 0.29) is 11.0 Å². The molecule has 0 amide bonds. The summed E-state index contributed by atoms with van der Waals surface area (Å²) in [5.41, 5.74) is 6.79. The molecule has 3 N–H and O–H groups in total. The summed E-state index contributed by atoms with van der Waals surface area (Å²) in [7, 11) is 0. The Morgan fingerprint density at radius 3 is 2.67 bits per heavy atom. The van der Waals surface area contributed by atoms with Crippen LogP contribution in [0.3, 0.4) is 0 Å². The molecular formula is C11H9BrClFN4. The molecule has 94 valence electrons. The van der Waals surface area contributed by atoms with Crippen molar-refractivity contribution in [3.63, 3.8) is 0 Å². The van der Waals surface area contributed by atoms with Crippen molar-refractivity contribution in [2.45, 2.75) is 6.92 Å². The van der Waals surface area contributed by atoms with Gasteiger partial charge in [-0.15, -0.1) is 0 Å². The van der Waals surface area contributed by atoms with Crippen molar-refractivity contribution in [1.82, 2.24) is 9.97 Å². The molecule has 2 aromatic rings. The molecule has 0 spiro atoms. The van der Waals surface area contributed by atoms with E-state index in [0.29, 0.717) is 16.0 Å². The van der Waals surface area contributed by atoms with Crippen LogP contribution in [0.5, 0.6) is 0 Å². The van der Waals surface area contributed by atoms with Gasteiger partial charge in [0.2, 0.25) is 5.95 Å². The predicted octanol–water partition coefficient (Wildman–Crippen LogP) is 3.67. The first-order chi connectivity index (χ1) is 8.45. The van der Waals surface area contributed by atoms with Crippen molar-refractivity contribution in [2.75, 3.05) is 11.1 Å². The van der Waals surface area contributed by atoms with Crippen LogP contribution in [-0.2, 0) is 0 Å². The summed E-state index contributed by atoms with van der Waals surface area (Å²) in [6.45, 7) is 1.80. The Balaban J connectivity index is 2.40. The first-order valence-electron chi connectivity index (χ1n) is 4.98. The highest BCUT2D eigenvalue weighted by Crippen LogP contribution is 2.33. The highest BCUT2D eigenvalue weighted by atomic mass is 79.9. The molecule has 4 nitrogen and oxygen atoms in total. The summed E-state index contributed by atoms with van der Waals surface area (Å²) in [6.07, 6.45) is 0. The Bertz CT molecular complexity index is 562. The van der Waals surface area contributed by atoms with Crippen molar-refractivity contribution in [1.29, 1.82) is 0 Å². The van der Waals surface area contributed by atoms with Crippen LogP contribution in [0.2, 0.25) is 5.02 Å². The second-order valence-electron chi connectivity index (χ2n) is 3.62. The zero-order valence-electron chi connectivity index (χ0n) is 9.34.